The average molecular weight is 341 g/mol. The number of fused-ring (bicyclic) bond motifs is 1. The number of hydrogen-bond donors (Lipinski definition) is 2. The maximum atomic E-state index is 4.91. The number of amidine groups is 1. The van der Waals surface area contributed by atoms with E-state index in [-0.39, 0.29) is 0 Å². The second-order valence-corrected chi connectivity index (χ2v) is 7.48. The summed E-state index contributed by atoms with van der Waals surface area (Å²) in [5, 5.41) is 10.7. The largest absolute Gasteiger partial charge is 0.341 e. The first-order valence-corrected chi connectivity index (χ1v) is 9.48. The van der Waals surface area contributed by atoms with Crippen LogP contribution in [0.15, 0.2) is 23.3 Å². The van der Waals surface area contributed by atoms with Crippen molar-refractivity contribution in [2.45, 2.75) is 33.1 Å². The number of anilines is 1. The molecular weight excluding hydrogens is 318 g/mol. The number of aromatic amines is 1. The highest BCUT2D eigenvalue weighted by Gasteiger charge is 2.23. The molecule has 0 amide bonds. The second kappa shape index (κ2) is 6.53. The lowest BCUT2D eigenvalue weighted by Crippen LogP contribution is -2.32. The van der Waals surface area contributed by atoms with Gasteiger partial charge < -0.3 is 5.32 Å². The monoisotopic (exact) mass is 341 g/mol. The standard InChI is InChI=1S/C18H23N5S/c1-3-6-14-18-15(9-16(24-18)13-10-19-22-12(13)2)21-17(20-14)11-23-7-4-5-8-23/h6,9-10H,3-5,7-8,11H2,1-2H3,(H,19,22)(H,20,21)/b14-6+. The van der Waals surface area contributed by atoms with Gasteiger partial charge in [0.25, 0.3) is 0 Å². The Hall–Kier alpha value is -1.92. The number of nitrogens with one attached hydrogen (secondary N) is 2. The molecule has 2 aliphatic heterocycles. The Morgan fingerprint density at radius 3 is 2.88 bits per heavy atom. The van der Waals surface area contributed by atoms with E-state index in [9.17, 15) is 0 Å². The van der Waals surface area contributed by atoms with Gasteiger partial charge in [-0.1, -0.05) is 13.0 Å². The molecular formula is C18H23N5S. The lowest BCUT2D eigenvalue weighted by atomic mass is 10.2. The van der Waals surface area contributed by atoms with Crippen LogP contribution in [0.1, 0.15) is 36.8 Å². The van der Waals surface area contributed by atoms with Crippen LogP contribution in [0.25, 0.3) is 16.1 Å². The molecule has 4 heterocycles. The van der Waals surface area contributed by atoms with Crippen molar-refractivity contribution in [1.82, 2.24) is 15.1 Å². The highest BCUT2D eigenvalue weighted by molar-refractivity contribution is 7.17. The van der Waals surface area contributed by atoms with Gasteiger partial charge in [0.1, 0.15) is 5.84 Å². The molecule has 24 heavy (non-hydrogen) atoms. The molecule has 0 aromatic carbocycles. The van der Waals surface area contributed by atoms with Gasteiger partial charge in [0, 0.05) is 16.1 Å². The molecule has 0 radical (unpaired) electrons. The van der Waals surface area contributed by atoms with Crippen LogP contribution in [-0.2, 0) is 0 Å². The van der Waals surface area contributed by atoms with Crippen molar-refractivity contribution in [3.05, 3.63) is 28.9 Å². The van der Waals surface area contributed by atoms with Crippen LogP contribution in [0, 0.1) is 6.92 Å². The van der Waals surface area contributed by atoms with Crippen molar-refractivity contribution in [2.75, 3.05) is 25.0 Å². The number of allylic oxidation sites excluding steroid dienone is 1. The van der Waals surface area contributed by atoms with Gasteiger partial charge >= 0.3 is 0 Å². The number of aryl methyl sites for hydroxylation is 1. The summed E-state index contributed by atoms with van der Waals surface area (Å²) >= 11 is 1.79. The Kier molecular flexibility index (Phi) is 4.24. The minimum absolute atomic E-state index is 0.913. The van der Waals surface area contributed by atoms with Gasteiger partial charge in [0.05, 0.1) is 29.0 Å². The Morgan fingerprint density at radius 2 is 2.17 bits per heavy atom. The molecule has 2 N–H and O–H groups in total. The molecule has 0 atom stereocenters. The lowest BCUT2D eigenvalue weighted by Gasteiger charge is -2.21. The maximum absolute atomic E-state index is 4.91. The van der Waals surface area contributed by atoms with E-state index in [1.807, 2.05) is 6.20 Å². The van der Waals surface area contributed by atoms with Crippen molar-refractivity contribution < 1.29 is 0 Å². The van der Waals surface area contributed by atoms with E-state index in [0.717, 1.165) is 30.2 Å². The molecule has 0 unspecified atom stereocenters. The van der Waals surface area contributed by atoms with Crippen molar-refractivity contribution in [1.29, 1.82) is 0 Å². The van der Waals surface area contributed by atoms with Crippen LogP contribution in [0.4, 0.5) is 5.69 Å². The molecule has 0 bridgehead atoms. The second-order valence-electron chi connectivity index (χ2n) is 6.43. The Labute approximate surface area is 146 Å². The Morgan fingerprint density at radius 1 is 1.33 bits per heavy atom. The number of likely N-dealkylation sites (tertiary alicyclic amines) is 1. The van der Waals surface area contributed by atoms with Crippen molar-refractivity contribution in [2.24, 2.45) is 4.99 Å². The van der Waals surface area contributed by atoms with Crippen LogP contribution in [0.3, 0.4) is 0 Å². The topological polar surface area (TPSA) is 56.3 Å². The third kappa shape index (κ3) is 2.91. The normalized spacial score (nSPS) is 19.4. The molecule has 2 aromatic heterocycles. The van der Waals surface area contributed by atoms with Gasteiger partial charge in [-0.25, -0.2) is 4.99 Å². The molecule has 1 saturated heterocycles. The molecule has 2 aromatic rings. The van der Waals surface area contributed by atoms with Crippen LogP contribution in [0.5, 0.6) is 0 Å². The minimum Gasteiger partial charge on any atom is -0.341 e. The van der Waals surface area contributed by atoms with E-state index in [1.165, 1.54) is 46.9 Å². The molecule has 126 valence electrons. The van der Waals surface area contributed by atoms with Gasteiger partial charge in [-0.3, -0.25) is 10.00 Å². The number of H-pyrrole nitrogens is 1. The fraction of sp³-hybridized carbons (Fsp3) is 0.444. The fourth-order valence-electron chi connectivity index (χ4n) is 3.34. The molecule has 1 fully saturated rings. The molecule has 0 spiro atoms. The van der Waals surface area contributed by atoms with E-state index < -0.39 is 0 Å². The predicted molar refractivity (Wildman–Crippen MR) is 102 cm³/mol. The van der Waals surface area contributed by atoms with Crippen LogP contribution < -0.4 is 5.32 Å². The Balaban J connectivity index is 1.65. The zero-order valence-corrected chi connectivity index (χ0v) is 15.0. The van der Waals surface area contributed by atoms with E-state index in [1.54, 1.807) is 11.3 Å². The van der Waals surface area contributed by atoms with Gasteiger partial charge in [0.2, 0.25) is 0 Å². The summed E-state index contributed by atoms with van der Waals surface area (Å²) in [5.74, 6) is 1.07. The summed E-state index contributed by atoms with van der Waals surface area (Å²) < 4.78 is 0. The number of nitrogens with zero attached hydrogens (tertiary/aromatic N) is 3. The summed E-state index contributed by atoms with van der Waals surface area (Å²) in [6, 6.07) is 2.24. The van der Waals surface area contributed by atoms with Gasteiger partial charge in [-0.05, 0) is 45.3 Å². The van der Waals surface area contributed by atoms with Crippen molar-refractivity contribution in [3.8, 4) is 10.4 Å². The minimum atomic E-state index is 0.913. The number of aromatic nitrogens is 2. The Bertz CT molecular complexity index is 792. The third-order valence-electron chi connectivity index (χ3n) is 4.56. The zero-order valence-electron chi connectivity index (χ0n) is 14.2. The first-order valence-electron chi connectivity index (χ1n) is 8.66. The van der Waals surface area contributed by atoms with Gasteiger partial charge in [-0.2, -0.15) is 5.10 Å². The highest BCUT2D eigenvalue weighted by atomic mass is 32.1. The van der Waals surface area contributed by atoms with Gasteiger partial charge in [-0.15, -0.1) is 11.3 Å². The fourth-order valence-corrected chi connectivity index (χ4v) is 4.51. The van der Waals surface area contributed by atoms with Crippen LogP contribution in [0.2, 0.25) is 0 Å². The van der Waals surface area contributed by atoms with Crippen molar-refractivity contribution >= 4 is 28.6 Å². The molecule has 0 aliphatic carbocycles. The molecule has 2 aliphatic rings. The molecule has 6 heteroatoms. The number of thiophene rings is 1. The van der Waals surface area contributed by atoms with Crippen molar-refractivity contribution in [3.63, 3.8) is 0 Å². The SMILES string of the molecule is CC/C=C1/N=C(CN2CCCC2)Nc2cc(-c3cn[nH]c3C)sc21. The molecule has 5 nitrogen and oxygen atoms in total. The number of rotatable bonds is 4. The van der Waals surface area contributed by atoms with Gasteiger partial charge in [0.15, 0.2) is 0 Å². The van der Waals surface area contributed by atoms with E-state index >= 15 is 0 Å². The summed E-state index contributed by atoms with van der Waals surface area (Å²) in [6.07, 6.45) is 7.73. The first kappa shape index (κ1) is 15.6. The number of hydrogen-bond acceptors (Lipinski definition) is 5. The zero-order chi connectivity index (χ0) is 16.5. The quantitative estimate of drug-likeness (QED) is 0.879. The smallest absolute Gasteiger partial charge is 0.121 e. The molecule has 4 rings (SSSR count). The third-order valence-corrected chi connectivity index (χ3v) is 5.75. The summed E-state index contributed by atoms with van der Waals surface area (Å²) in [7, 11) is 0. The average Bonchev–Trinajstić information content (AvgIpc) is 3.28. The highest BCUT2D eigenvalue weighted by Crippen LogP contribution is 2.42. The summed E-state index contributed by atoms with van der Waals surface area (Å²) in [6.45, 7) is 7.51. The van der Waals surface area contributed by atoms with Crippen LogP contribution in [-0.4, -0.2) is 40.6 Å². The van der Waals surface area contributed by atoms with Crippen LogP contribution >= 0.6 is 11.3 Å². The predicted octanol–water partition coefficient (Wildman–Crippen LogP) is 4.12. The first-order chi connectivity index (χ1) is 11.7. The van der Waals surface area contributed by atoms with E-state index in [2.05, 4.69) is 46.4 Å². The van der Waals surface area contributed by atoms with E-state index in [4.69, 9.17) is 4.99 Å². The maximum Gasteiger partial charge on any atom is 0.121 e. The van der Waals surface area contributed by atoms with E-state index in [0.29, 0.717) is 0 Å². The number of aliphatic imine (C=N–C) groups is 1. The summed E-state index contributed by atoms with van der Waals surface area (Å²) in [5.41, 5.74) is 4.57. The summed E-state index contributed by atoms with van der Waals surface area (Å²) in [4.78, 5) is 9.85. The lowest BCUT2D eigenvalue weighted by molar-refractivity contribution is 0.388. The molecule has 0 saturated carbocycles.